The molecule has 4 N–H and O–H groups in total. The molecule has 0 spiro atoms. The Kier molecular flexibility index (Phi) is 3.65. The van der Waals surface area contributed by atoms with Crippen molar-refractivity contribution < 1.29 is 0 Å². The lowest BCUT2D eigenvalue weighted by molar-refractivity contribution is 0.337. The van der Waals surface area contributed by atoms with Gasteiger partial charge in [0.15, 0.2) is 0 Å². The Morgan fingerprint density at radius 1 is 1.25 bits per heavy atom. The van der Waals surface area contributed by atoms with E-state index in [4.69, 9.17) is 22.4 Å². The van der Waals surface area contributed by atoms with Gasteiger partial charge in [0.2, 0.25) is 0 Å². The Labute approximate surface area is 76.7 Å². The molecule has 1 heterocycles. The summed E-state index contributed by atoms with van der Waals surface area (Å²) in [6.45, 7) is 1.52. The van der Waals surface area contributed by atoms with E-state index in [1.165, 1.54) is 12.4 Å². The highest BCUT2D eigenvalue weighted by molar-refractivity contribution is 6.20. The monoisotopic (exact) mass is 188 g/mol. The lowest BCUT2D eigenvalue weighted by Crippen LogP contribution is -2.51. The Balaban J connectivity index is 2.42. The zero-order valence-corrected chi connectivity index (χ0v) is 7.43. The SMILES string of the molecule is N=CC(C=N)C1CNC(Cl)NC1. The molecule has 68 valence electrons. The van der Waals surface area contributed by atoms with Gasteiger partial charge < -0.3 is 10.8 Å². The first-order valence-corrected chi connectivity index (χ1v) is 4.33. The molecule has 0 aromatic carbocycles. The summed E-state index contributed by atoms with van der Waals surface area (Å²) in [7, 11) is 0. The number of rotatable bonds is 3. The van der Waals surface area contributed by atoms with Crippen molar-refractivity contribution in [1.82, 2.24) is 10.6 Å². The van der Waals surface area contributed by atoms with E-state index in [-0.39, 0.29) is 17.5 Å². The highest BCUT2D eigenvalue weighted by atomic mass is 35.5. The molecule has 0 radical (unpaired) electrons. The van der Waals surface area contributed by atoms with Gasteiger partial charge in [-0.2, -0.15) is 0 Å². The van der Waals surface area contributed by atoms with Crippen LogP contribution in [0.5, 0.6) is 0 Å². The minimum atomic E-state index is -0.168. The summed E-state index contributed by atoms with van der Waals surface area (Å²) >= 11 is 5.74. The summed E-state index contributed by atoms with van der Waals surface area (Å²) in [5, 5.41) is 20.2. The molecule has 1 aliphatic heterocycles. The standard InChI is InChI=1S/C7H13ClN4/c8-7-11-3-6(4-12-7)5(1-9)2-10/h1-2,5-7,9-12H,3-4H2. The average molecular weight is 189 g/mol. The predicted molar refractivity (Wildman–Crippen MR) is 50.2 cm³/mol. The highest BCUT2D eigenvalue weighted by Crippen LogP contribution is 2.10. The molecule has 0 atom stereocenters. The summed E-state index contributed by atoms with van der Waals surface area (Å²) in [4.78, 5) is 0. The van der Waals surface area contributed by atoms with E-state index in [9.17, 15) is 0 Å². The second-order valence-electron chi connectivity index (χ2n) is 2.85. The first kappa shape index (κ1) is 9.64. The fourth-order valence-electron chi connectivity index (χ4n) is 1.25. The Hall–Kier alpha value is -0.450. The molecule has 0 aromatic rings. The summed E-state index contributed by atoms with van der Waals surface area (Å²) in [6.07, 6.45) is 2.60. The van der Waals surface area contributed by atoms with E-state index < -0.39 is 0 Å². The maximum atomic E-state index is 7.08. The number of hydrogen-bond donors (Lipinski definition) is 4. The molecule has 0 aliphatic carbocycles. The van der Waals surface area contributed by atoms with Crippen LogP contribution in [-0.2, 0) is 0 Å². The third kappa shape index (κ3) is 2.27. The van der Waals surface area contributed by atoms with Crippen molar-refractivity contribution in [2.24, 2.45) is 11.8 Å². The minimum Gasteiger partial charge on any atom is -0.312 e. The van der Waals surface area contributed by atoms with Gasteiger partial charge in [-0.1, -0.05) is 11.6 Å². The quantitative estimate of drug-likeness (QED) is 0.291. The van der Waals surface area contributed by atoms with E-state index >= 15 is 0 Å². The number of alkyl halides is 1. The molecule has 1 rings (SSSR count). The van der Waals surface area contributed by atoms with E-state index in [0.717, 1.165) is 13.1 Å². The Morgan fingerprint density at radius 3 is 2.17 bits per heavy atom. The highest BCUT2D eigenvalue weighted by Gasteiger charge is 2.23. The van der Waals surface area contributed by atoms with Gasteiger partial charge in [-0.05, 0) is 5.92 Å². The maximum Gasteiger partial charge on any atom is 0.135 e. The van der Waals surface area contributed by atoms with Gasteiger partial charge in [0.25, 0.3) is 0 Å². The summed E-state index contributed by atoms with van der Waals surface area (Å²) in [5.41, 5.74) is -0.168. The average Bonchev–Trinajstić information content (AvgIpc) is 2.10. The normalized spacial score (nSPS) is 32.4. The van der Waals surface area contributed by atoms with Crippen molar-refractivity contribution in [2.45, 2.75) is 5.62 Å². The molecule has 0 unspecified atom stereocenters. The van der Waals surface area contributed by atoms with Crippen molar-refractivity contribution in [3.63, 3.8) is 0 Å². The molecule has 4 nitrogen and oxygen atoms in total. The van der Waals surface area contributed by atoms with Crippen LogP contribution in [0.2, 0.25) is 0 Å². The number of hydrogen-bond acceptors (Lipinski definition) is 4. The van der Waals surface area contributed by atoms with Gasteiger partial charge >= 0.3 is 0 Å². The molecule has 1 fully saturated rings. The molecule has 0 amide bonds. The van der Waals surface area contributed by atoms with E-state index in [1.807, 2.05) is 0 Å². The Bertz CT molecular complexity index is 157. The molecule has 0 aromatic heterocycles. The lowest BCUT2D eigenvalue weighted by atomic mass is 9.93. The fraction of sp³-hybridized carbons (Fsp3) is 0.714. The van der Waals surface area contributed by atoms with Crippen molar-refractivity contribution in [1.29, 1.82) is 10.8 Å². The van der Waals surface area contributed by atoms with Crippen LogP contribution in [0.4, 0.5) is 0 Å². The zero-order valence-electron chi connectivity index (χ0n) is 6.68. The predicted octanol–water partition coefficient (Wildman–Crippen LogP) is 0.233. The third-order valence-corrected chi connectivity index (χ3v) is 2.36. The second kappa shape index (κ2) is 4.54. The van der Waals surface area contributed by atoms with Crippen LogP contribution in [-0.4, -0.2) is 31.1 Å². The summed E-state index contributed by atoms with van der Waals surface area (Å²) in [6, 6.07) is 0. The van der Waals surface area contributed by atoms with Crippen molar-refractivity contribution in [3.05, 3.63) is 0 Å². The Morgan fingerprint density at radius 2 is 1.75 bits per heavy atom. The molecule has 5 heteroatoms. The molecule has 1 aliphatic rings. The van der Waals surface area contributed by atoms with E-state index in [0.29, 0.717) is 0 Å². The van der Waals surface area contributed by atoms with Crippen LogP contribution < -0.4 is 10.6 Å². The summed E-state index contributed by atoms with van der Waals surface area (Å²) in [5.74, 6) is 0.198. The van der Waals surface area contributed by atoms with Crippen LogP contribution in [0, 0.1) is 22.7 Å². The third-order valence-electron chi connectivity index (χ3n) is 2.05. The van der Waals surface area contributed by atoms with Gasteiger partial charge in [-0.25, -0.2) is 0 Å². The lowest BCUT2D eigenvalue weighted by Gasteiger charge is -2.29. The first-order chi connectivity index (χ1) is 5.77. The van der Waals surface area contributed by atoms with Crippen molar-refractivity contribution in [2.75, 3.05) is 13.1 Å². The fourth-order valence-corrected chi connectivity index (χ4v) is 1.42. The van der Waals surface area contributed by atoms with Gasteiger partial charge in [0, 0.05) is 31.4 Å². The molecule has 12 heavy (non-hydrogen) atoms. The molecule has 0 saturated carbocycles. The molecule has 1 saturated heterocycles. The minimum absolute atomic E-state index is 0.0748. The van der Waals surface area contributed by atoms with Crippen LogP contribution in [0.1, 0.15) is 0 Å². The van der Waals surface area contributed by atoms with Crippen LogP contribution in [0.15, 0.2) is 0 Å². The molecular weight excluding hydrogens is 176 g/mol. The van der Waals surface area contributed by atoms with Gasteiger partial charge in [-0.3, -0.25) is 10.6 Å². The molecular formula is C7H13ClN4. The largest absolute Gasteiger partial charge is 0.312 e. The van der Waals surface area contributed by atoms with Gasteiger partial charge in [0.05, 0.1) is 0 Å². The van der Waals surface area contributed by atoms with Crippen LogP contribution in [0.25, 0.3) is 0 Å². The first-order valence-electron chi connectivity index (χ1n) is 3.90. The smallest absolute Gasteiger partial charge is 0.135 e. The van der Waals surface area contributed by atoms with E-state index in [2.05, 4.69) is 10.6 Å². The number of halogens is 1. The van der Waals surface area contributed by atoms with Crippen molar-refractivity contribution >= 4 is 24.0 Å². The van der Waals surface area contributed by atoms with Gasteiger partial charge in [0.1, 0.15) is 5.62 Å². The number of nitrogens with one attached hydrogen (secondary N) is 4. The second-order valence-corrected chi connectivity index (χ2v) is 3.29. The maximum absolute atomic E-state index is 7.08. The zero-order chi connectivity index (χ0) is 8.97. The van der Waals surface area contributed by atoms with Gasteiger partial charge in [-0.15, -0.1) is 0 Å². The van der Waals surface area contributed by atoms with Crippen LogP contribution >= 0.6 is 11.6 Å². The van der Waals surface area contributed by atoms with Crippen molar-refractivity contribution in [3.8, 4) is 0 Å². The van der Waals surface area contributed by atoms with Crippen LogP contribution in [0.3, 0.4) is 0 Å². The topological polar surface area (TPSA) is 71.8 Å². The molecule has 0 bridgehead atoms. The van der Waals surface area contributed by atoms with E-state index in [1.54, 1.807) is 0 Å². The summed E-state index contributed by atoms with van der Waals surface area (Å²) < 4.78 is 0.